The maximum absolute atomic E-state index is 6.88. The van der Waals surface area contributed by atoms with E-state index in [0.29, 0.717) is 11.8 Å². The van der Waals surface area contributed by atoms with E-state index in [0.717, 1.165) is 30.3 Å². The van der Waals surface area contributed by atoms with Crippen LogP contribution in [-0.2, 0) is 4.74 Å². The van der Waals surface area contributed by atoms with Gasteiger partial charge in [-0.15, -0.1) is 0 Å². The second kappa shape index (κ2) is 6.96. The molecule has 1 aromatic carbocycles. The van der Waals surface area contributed by atoms with Crippen molar-refractivity contribution in [2.45, 2.75) is 31.4 Å². The van der Waals surface area contributed by atoms with E-state index in [2.05, 4.69) is 12.2 Å². The molecule has 5 unspecified atom stereocenters. The molecule has 25 heavy (non-hydrogen) atoms. The van der Waals surface area contributed by atoms with Crippen molar-refractivity contribution in [1.29, 1.82) is 0 Å². The lowest BCUT2D eigenvalue weighted by Crippen LogP contribution is -2.46. The number of anilines is 1. The molecule has 134 valence electrons. The standard InChI is InChI=1S/C19H25ClN4O/c1-12-16(18(20)24(23-12)13-7-4-3-5-8-13)17(25-2)15-11-22-19-14(15)9-6-10-21-19/h3-5,7-8,14-18H,6,9-11H2,1-2H3,(H,21,22). The minimum Gasteiger partial charge on any atom is -0.380 e. The zero-order valence-corrected chi connectivity index (χ0v) is 15.5. The molecule has 1 N–H and O–H groups in total. The topological polar surface area (TPSA) is 49.2 Å². The number of halogens is 1. The van der Waals surface area contributed by atoms with Gasteiger partial charge in [0, 0.05) is 37.7 Å². The quantitative estimate of drug-likeness (QED) is 0.663. The largest absolute Gasteiger partial charge is 0.380 e. The second-order valence-corrected chi connectivity index (χ2v) is 7.53. The number of amidine groups is 1. The first-order valence-corrected chi connectivity index (χ1v) is 9.49. The van der Waals surface area contributed by atoms with Crippen molar-refractivity contribution >= 4 is 28.8 Å². The maximum atomic E-state index is 6.88. The van der Waals surface area contributed by atoms with E-state index in [1.807, 2.05) is 35.3 Å². The van der Waals surface area contributed by atoms with Crippen molar-refractivity contribution in [3.05, 3.63) is 30.3 Å². The molecule has 5 atom stereocenters. The van der Waals surface area contributed by atoms with E-state index in [1.165, 1.54) is 12.8 Å². The van der Waals surface area contributed by atoms with Crippen LogP contribution in [0.3, 0.4) is 0 Å². The van der Waals surface area contributed by atoms with Gasteiger partial charge < -0.3 is 10.1 Å². The van der Waals surface area contributed by atoms with E-state index >= 15 is 0 Å². The average Bonchev–Trinajstić information content (AvgIpc) is 3.20. The third-order valence-electron chi connectivity index (χ3n) is 5.69. The highest BCUT2D eigenvalue weighted by atomic mass is 35.5. The molecule has 3 heterocycles. The van der Waals surface area contributed by atoms with Gasteiger partial charge >= 0.3 is 0 Å². The molecule has 1 fully saturated rings. The molecule has 0 saturated carbocycles. The molecule has 5 nitrogen and oxygen atoms in total. The van der Waals surface area contributed by atoms with Gasteiger partial charge in [0.05, 0.1) is 23.5 Å². The average molecular weight is 361 g/mol. The number of hydrogen-bond donors (Lipinski definition) is 1. The zero-order chi connectivity index (χ0) is 17.4. The summed E-state index contributed by atoms with van der Waals surface area (Å²) in [6.07, 6.45) is 2.38. The summed E-state index contributed by atoms with van der Waals surface area (Å²) >= 11 is 6.88. The molecule has 3 aliphatic heterocycles. The molecular weight excluding hydrogens is 336 g/mol. The fourth-order valence-electron chi connectivity index (χ4n) is 4.47. The summed E-state index contributed by atoms with van der Waals surface area (Å²) in [5.74, 6) is 2.05. The number of hydrogen-bond acceptors (Lipinski definition) is 5. The molecule has 4 rings (SSSR count). The highest BCUT2D eigenvalue weighted by Gasteiger charge is 2.47. The molecule has 0 radical (unpaired) electrons. The van der Waals surface area contributed by atoms with Crippen LogP contribution in [0.1, 0.15) is 19.8 Å². The van der Waals surface area contributed by atoms with Crippen molar-refractivity contribution in [2.75, 3.05) is 25.2 Å². The molecular formula is C19H25ClN4O. The molecule has 1 aromatic rings. The van der Waals surface area contributed by atoms with Crippen LogP contribution < -0.4 is 10.3 Å². The number of nitrogens with one attached hydrogen (secondary N) is 1. The van der Waals surface area contributed by atoms with Crippen LogP contribution in [0.5, 0.6) is 0 Å². The van der Waals surface area contributed by atoms with Crippen molar-refractivity contribution in [2.24, 2.45) is 27.8 Å². The molecule has 6 heteroatoms. The fraction of sp³-hybridized carbons (Fsp3) is 0.579. The van der Waals surface area contributed by atoms with Gasteiger partial charge in [-0.05, 0) is 31.9 Å². The Bertz CT molecular complexity index is 677. The van der Waals surface area contributed by atoms with Gasteiger partial charge in [-0.3, -0.25) is 4.99 Å². The van der Waals surface area contributed by atoms with Crippen LogP contribution in [0.4, 0.5) is 5.69 Å². The van der Waals surface area contributed by atoms with Gasteiger partial charge in [-0.2, -0.15) is 5.10 Å². The van der Waals surface area contributed by atoms with Gasteiger partial charge in [0.1, 0.15) is 5.50 Å². The van der Waals surface area contributed by atoms with Gasteiger partial charge in [-0.1, -0.05) is 29.8 Å². The first kappa shape index (κ1) is 16.9. The predicted octanol–water partition coefficient (Wildman–Crippen LogP) is 3.11. The monoisotopic (exact) mass is 360 g/mol. The van der Waals surface area contributed by atoms with E-state index in [9.17, 15) is 0 Å². The molecule has 3 aliphatic rings. The van der Waals surface area contributed by atoms with Crippen molar-refractivity contribution in [3.63, 3.8) is 0 Å². The summed E-state index contributed by atoms with van der Waals surface area (Å²) in [5.41, 5.74) is 1.81. The Kier molecular flexibility index (Phi) is 4.69. The third kappa shape index (κ3) is 2.93. The number of nitrogens with zero attached hydrogens (tertiary/aromatic N) is 3. The predicted molar refractivity (Wildman–Crippen MR) is 102 cm³/mol. The number of para-hydroxylation sites is 1. The Morgan fingerprint density at radius 1 is 1.32 bits per heavy atom. The highest BCUT2D eigenvalue weighted by Crippen LogP contribution is 2.40. The van der Waals surface area contributed by atoms with Crippen LogP contribution in [0, 0.1) is 17.8 Å². The normalized spacial score (nSPS) is 32.7. The van der Waals surface area contributed by atoms with Gasteiger partial charge in [0.25, 0.3) is 0 Å². The Labute approximate surface area is 154 Å². The molecule has 1 saturated heterocycles. The molecule has 0 bridgehead atoms. The first-order chi connectivity index (χ1) is 12.2. The zero-order valence-electron chi connectivity index (χ0n) is 14.7. The molecule has 0 spiro atoms. The van der Waals surface area contributed by atoms with Gasteiger partial charge in [0.15, 0.2) is 0 Å². The summed E-state index contributed by atoms with van der Waals surface area (Å²) in [6.45, 7) is 3.90. The van der Waals surface area contributed by atoms with E-state index in [-0.39, 0.29) is 17.5 Å². The highest BCUT2D eigenvalue weighted by molar-refractivity contribution is 6.24. The molecule has 0 aliphatic carbocycles. The Balaban J connectivity index is 1.57. The third-order valence-corrected chi connectivity index (χ3v) is 6.14. The number of alkyl halides is 1. The van der Waals surface area contributed by atoms with Crippen molar-refractivity contribution in [1.82, 2.24) is 5.32 Å². The van der Waals surface area contributed by atoms with Crippen LogP contribution in [0.2, 0.25) is 0 Å². The second-order valence-electron chi connectivity index (χ2n) is 7.09. The number of ether oxygens (including phenoxy) is 1. The lowest BCUT2D eigenvalue weighted by Gasteiger charge is -2.35. The van der Waals surface area contributed by atoms with Crippen LogP contribution in [-0.4, -0.2) is 43.4 Å². The summed E-state index contributed by atoms with van der Waals surface area (Å²) in [6, 6.07) is 10.1. The summed E-state index contributed by atoms with van der Waals surface area (Å²) in [7, 11) is 1.79. The number of aliphatic imine (C=N–C) groups is 1. The first-order valence-electron chi connectivity index (χ1n) is 9.05. The van der Waals surface area contributed by atoms with Crippen LogP contribution in [0.15, 0.2) is 40.4 Å². The maximum Gasteiger partial charge on any atom is 0.136 e. The number of rotatable bonds is 4. The summed E-state index contributed by atoms with van der Waals surface area (Å²) < 4.78 is 6.00. The van der Waals surface area contributed by atoms with Gasteiger partial charge in [0.2, 0.25) is 0 Å². The lowest BCUT2D eigenvalue weighted by atomic mass is 9.78. The number of benzene rings is 1. The Morgan fingerprint density at radius 2 is 2.12 bits per heavy atom. The Hall–Kier alpha value is -1.59. The van der Waals surface area contributed by atoms with Crippen molar-refractivity contribution in [3.8, 4) is 0 Å². The van der Waals surface area contributed by atoms with E-state index in [4.69, 9.17) is 26.4 Å². The lowest BCUT2D eigenvalue weighted by molar-refractivity contribution is 0.0192. The number of piperidine rings is 1. The SMILES string of the molecule is COC(C1CN=C2NCCCC21)C1C(C)=NN(c2ccccc2)C1Cl. The molecule has 0 aromatic heterocycles. The summed E-state index contributed by atoms with van der Waals surface area (Å²) in [5, 5.41) is 10.1. The van der Waals surface area contributed by atoms with Gasteiger partial charge in [-0.25, -0.2) is 5.01 Å². The number of fused-ring (bicyclic) bond motifs is 1. The van der Waals surface area contributed by atoms with E-state index < -0.39 is 0 Å². The van der Waals surface area contributed by atoms with Crippen LogP contribution in [0.25, 0.3) is 0 Å². The minimum atomic E-state index is -0.243. The Morgan fingerprint density at radius 3 is 2.88 bits per heavy atom. The summed E-state index contributed by atoms with van der Waals surface area (Å²) in [4.78, 5) is 4.74. The molecule has 0 amide bonds. The number of methoxy groups -OCH3 is 1. The number of hydrazone groups is 1. The van der Waals surface area contributed by atoms with Crippen LogP contribution >= 0.6 is 11.6 Å². The van der Waals surface area contributed by atoms with Crippen molar-refractivity contribution < 1.29 is 4.74 Å². The minimum absolute atomic E-state index is 0.0195. The van der Waals surface area contributed by atoms with E-state index in [1.54, 1.807) is 7.11 Å². The smallest absolute Gasteiger partial charge is 0.136 e. The fourth-order valence-corrected chi connectivity index (χ4v) is 4.95.